The third-order valence-electron chi connectivity index (χ3n) is 4.11. The number of carbonyl (C=O) groups excluding carboxylic acids is 1. The van der Waals surface area contributed by atoms with E-state index in [2.05, 4.69) is 55.5 Å². The van der Waals surface area contributed by atoms with Gasteiger partial charge in [0.15, 0.2) is 0 Å². The molecule has 0 spiro atoms. The molecule has 1 fully saturated rings. The summed E-state index contributed by atoms with van der Waals surface area (Å²) in [5.74, 6) is 0.0523. The van der Waals surface area contributed by atoms with Crippen molar-refractivity contribution in [1.29, 1.82) is 0 Å². The van der Waals surface area contributed by atoms with Gasteiger partial charge in [-0.05, 0) is 54.8 Å². The topological polar surface area (TPSA) is 114 Å². The van der Waals surface area contributed by atoms with Crippen molar-refractivity contribution < 1.29 is 9.90 Å². The van der Waals surface area contributed by atoms with Crippen LogP contribution in [0.15, 0.2) is 14.6 Å². The van der Waals surface area contributed by atoms with E-state index in [1.165, 1.54) is 0 Å². The maximum Gasteiger partial charge on any atom is 0.246 e. The Morgan fingerprint density at radius 3 is 2.74 bits per heavy atom. The molecule has 1 unspecified atom stereocenters. The fourth-order valence-electron chi connectivity index (χ4n) is 2.69. The van der Waals surface area contributed by atoms with E-state index in [1.807, 2.05) is 13.0 Å². The van der Waals surface area contributed by atoms with Crippen molar-refractivity contribution in [3.8, 4) is 0 Å². The summed E-state index contributed by atoms with van der Waals surface area (Å²) in [6.07, 6.45) is 3.99. The number of nitrogens with zero attached hydrogens (tertiary/aromatic N) is 1. The van der Waals surface area contributed by atoms with Crippen molar-refractivity contribution in [2.45, 2.75) is 35.6 Å². The highest BCUT2D eigenvalue weighted by Crippen LogP contribution is 2.29. The maximum absolute atomic E-state index is 12.2. The van der Waals surface area contributed by atoms with Gasteiger partial charge in [0.05, 0.1) is 17.9 Å². The quantitative estimate of drug-likeness (QED) is 0.226. The number of halogens is 2. The van der Waals surface area contributed by atoms with Gasteiger partial charge in [0.25, 0.3) is 0 Å². The van der Waals surface area contributed by atoms with Gasteiger partial charge in [-0.3, -0.25) is 4.79 Å². The number of aliphatic hydroxyl groups excluding tert-OH is 1. The number of aliphatic hydroxyl groups is 1. The molecule has 1 rings (SSSR count). The Morgan fingerprint density at radius 2 is 2.22 bits per heavy atom. The zero-order valence-corrected chi connectivity index (χ0v) is 17.7. The number of allylic oxidation sites excluding steroid dienone is 1. The lowest BCUT2D eigenvalue weighted by atomic mass is 9.94. The van der Waals surface area contributed by atoms with Crippen LogP contribution in [0, 0.1) is 5.92 Å². The first-order valence-electron chi connectivity index (χ1n) is 7.72. The SMILES string of the molecule is C/C=C(/I)C(CN)=NC(=O)CC1CN[C@](CN)(CO)C[C@@H](I)C1. The number of amides is 1. The Bertz CT molecular complexity index is 464. The predicted octanol–water partition coefficient (Wildman–Crippen LogP) is 1.13. The van der Waals surface area contributed by atoms with Gasteiger partial charge in [-0.15, -0.1) is 0 Å². The van der Waals surface area contributed by atoms with E-state index in [0.29, 0.717) is 29.1 Å². The maximum atomic E-state index is 12.2. The molecule has 1 aliphatic rings. The molecule has 1 aliphatic heterocycles. The first-order chi connectivity index (χ1) is 10.9. The largest absolute Gasteiger partial charge is 0.394 e. The number of alkyl halides is 1. The smallest absolute Gasteiger partial charge is 0.246 e. The van der Waals surface area contributed by atoms with Crippen LogP contribution in [-0.2, 0) is 4.79 Å². The van der Waals surface area contributed by atoms with E-state index >= 15 is 0 Å². The summed E-state index contributed by atoms with van der Waals surface area (Å²) < 4.78 is 1.27. The number of hydrogen-bond donors (Lipinski definition) is 4. The van der Waals surface area contributed by atoms with Crippen molar-refractivity contribution in [2.75, 3.05) is 26.2 Å². The molecule has 0 aliphatic carbocycles. The summed E-state index contributed by atoms with van der Waals surface area (Å²) >= 11 is 4.52. The number of carbonyl (C=O) groups is 1. The second-order valence-electron chi connectivity index (χ2n) is 5.92. The molecule has 0 saturated carbocycles. The Hall–Kier alpha value is 0.380. The van der Waals surface area contributed by atoms with E-state index in [4.69, 9.17) is 11.5 Å². The van der Waals surface area contributed by atoms with E-state index < -0.39 is 5.54 Å². The minimum Gasteiger partial charge on any atom is -0.394 e. The van der Waals surface area contributed by atoms with Crippen LogP contribution in [0.4, 0.5) is 0 Å². The molecule has 1 saturated heterocycles. The molecular formula is C15H26I2N4O2. The van der Waals surface area contributed by atoms with Crippen molar-refractivity contribution in [2.24, 2.45) is 22.4 Å². The van der Waals surface area contributed by atoms with E-state index in [0.717, 1.165) is 16.4 Å². The molecular weight excluding hydrogens is 522 g/mol. The molecule has 6 nitrogen and oxygen atoms in total. The highest BCUT2D eigenvalue weighted by atomic mass is 127. The molecule has 23 heavy (non-hydrogen) atoms. The van der Waals surface area contributed by atoms with Gasteiger partial charge in [0.1, 0.15) is 0 Å². The summed E-state index contributed by atoms with van der Waals surface area (Å²) in [6.45, 7) is 3.22. The molecule has 132 valence electrons. The second-order valence-corrected chi connectivity index (χ2v) is 8.85. The molecule has 1 heterocycles. The van der Waals surface area contributed by atoms with Crippen molar-refractivity contribution in [3.63, 3.8) is 0 Å². The lowest BCUT2D eigenvalue weighted by molar-refractivity contribution is -0.118. The minimum absolute atomic E-state index is 0.0125. The Balaban J connectivity index is 2.74. The average molecular weight is 548 g/mol. The lowest BCUT2D eigenvalue weighted by Gasteiger charge is -2.31. The normalized spacial score (nSPS) is 30.2. The third-order valence-corrected chi connectivity index (χ3v) is 6.30. The molecule has 0 bridgehead atoms. The summed E-state index contributed by atoms with van der Waals surface area (Å²) in [6, 6.07) is 0. The van der Waals surface area contributed by atoms with Gasteiger partial charge < -0.3 is 21.9 Å². The molecule has 3 atom stereocenters. The number of rotatable bonds is 6. The lowest BCUT2D eigenvalue weighted by Crippen LogP contribution is -2.55. The molecule has 0 aromatic rings. The van der Waals surface area contributed by atoms with Crippen molar-refractivity contribution in [1.82, 2.24) is 5.32 Å². The van der Waals surface area contributed by atoms with Crippen LogP contribution in [0.1, 0.15) is 26.2 Å². The Labute approximate surface area is 165 Å². The van der Waals surface area contributed by atoms with Crippen molar-refractivity contribution >= 4 is 56.8 Å². The summed E-state index contributed by atoms with van der Waals surface area (Å²) in [5, 5.41) is 13.0. The first kappa shape index (κ1) is 21.4. The van der Waals surface area contributed by atoms with E-state index in [-0.39, 0.29) is 25.0 Å². The molecule has 1 amide bonds. The van der Waals surface area contributed by atoms with E-state index in [1.54, 1.807) is 0 Å². The number of nitrogens with two attached hydrogens (primary N) is 2. The number of nitrogens with one attached hydrogen (secondary N) is 1. The monoisotopic (exact) mass is 548 g/mol. The van der Waals surface area contributed by atoms with Gasteiger partial charge >= 0.3 is 0 Å². The molecule has 6 N–H and O–H groups in total. The molecule has 0 radical (unpaired) electrons. The Morgan fingerprint density at radius 1 is 1.52 bits per heavy atom. The molecule has 8 heteroatoms. The fourth-order valence-corrected chi connectivity index (χ4v) is 4.59. The summed E-state index contributed by atoms with van der Waals surface area (Å²) in [5.41, 5.74) is 11.7. The average Bonchev–Trinajstić information content (AvgIpc) is 2.70. The van der Waals surface area contributed by atoms with Crippen LogP contribution in [0.2, 0.25) is 0 Å². The molecule has 0 aromatic carbocycles. The number of aliphatic imine (C=N–C) groups is 1. The van der Waals surface area contributed by atoms with Crippen LogP contribution >= 0.6 is 45.2 Å². The van der Waals surface area contributed by atoms with Gasteiger partial charge in [0, 0.05) is 27.0 Å². The van der Waals surface area contributed by atoms with Crippen LogP contribution in [0.25, 0.3) is 0 Å². The van der Waals surface area contributed by atoms with Crippen LogP contribution < -0.4 is 16.8 Å². The van der Waals surface area contributed by atoms with Crippen LogP contribution in [0.5, 0.6) is 0 Å². The van der Waals surface area contributed by atoms with E-state index in [9.17, 15) is 9.90 Å². The zero-order valence-electron chi connectivity index (χ0n) is 13.4. The van der Waals surface area contributed by atoms with Crippen LogP contribution in [-0.4, -0.2) is 52.4 Å². The predicted molar refractivity (Wildman–Crippen MR) is 111 cm³/mol. The van der Waals surface area contributed by atoms with Gasteiger partial charge in [-0.25, -0.2) is 4.99 Å². The van der Waals surface area contributed by atoms with Gasteiger partial charge in [-0.1, -0.05) is 28.7 Å². The summed E-state index contributed by atoms with van der Waals surface area (Å²) in [7, 11) is 0. The highest BCUT2D eigenvalue weighted by molar-refractivity contribution is 14.1. The highest BCUT2D eigenvalue weighted by Gasteiger charge is 2.35. The van der Waals surface area contributed by atoms with Crippen molar-refractivity contribution in [3.05, 3.63) is 9.66 Å². The van der Waals surface area contributed by atoms with Crippen LogP contribution in [0.3, 0.4) is 0 Å². The first-order valence-corrected chi connectivity index (χ1v) is 10.0. The van der Waals surface area contributed by atoms with Gasteiger partial charge in [0.2, 0.25) is 5.91 Å². The zero-order chi connectivity index (χ0) is 17.5. The standard InChI is InChI=1S/C15H26I2N4O2/c1-2-12(17)13(6-18)21-14(23)4-10-3-11(16)5-15(8-19,9-22)20-7-10/h2,10-11,20,22H,3-9,18-19H2,1H3/b12-2+,21-13?/t10?,11-,15+/m0/s1. The Kier molecular flexibility index (Phi) is 9.68. The molecule has 0 aromatic heterocycles. The summed E-state index contributed by atoms with van der Waals surface area (Å²) in [4.78, 5) is 16.4. The van der Waals surface area contributed by atoms with Gasteiger partial charge in [-0.2, -0.15) is 0 Å². The third kappa shape index (κ3) is 6.65. The minimum atomic E-state index is -0.435. The fraction of sp³-hybridized carbons (Fsp3) is 0.733. The number of hydrogen-bond acceptors (Lipinski definition) is 5. The second kappa shape index (κ2) is 10.4.